The van der Waals surface area contributed by atoms with Crippen LogP contribution in [0.25, 0.3) is 0 Å². The number of methoxy groups -OCH3 is 2. The number of nitrogens with one attached hydrogen (secondary N) is 2. The van der Waals surface area contributed by atoms with E-state index in [-0.39, 0.29) is 11.8 Å². The van der Waals surface area contributed by atoms with Crippen molar-refractivity contribution >= 4 is 11.8 Å². The second kappa shape index (κ2) is 10.5. The molecule has 2 amide bonds. The number of benzene rings is 2. The second-order valence-electron chi connectivity index (χ2n) is 7.34. The molecule has 29 heavy (non-hydrogen) atoms. The Bertz CT molecular complexity index is 816. The summed E-state index contributed by atoms with van der Waals surface area (Å²) in [5, 5.41) is 5.71. The van der Waals surface area contributed by atoms with E-state index in [1.807, 2.05) is 48.5 Å². The van der Waals surface area contributed by atoms with E-state index in [1.165, 1.54) is 0 Å². The van der Waals surface area contributed by atoms with E-state index in [2.05, 4.69) is 10.6 Å². The van der Waals surface area contributed by atoms with Gasteiger partial charge in [-0.25, -0.2) is 0 Å². The van der Waals surface area contributed by atoms with Gasteiger partial charge in [-0.15, -0.1) is 0 Å². The predicted octanol–water partition coefficient (Wildman–Crippen LogP) is 2.75. The molecule has 0 radical (unpaired) electrons. The Labute approximate surface area is 172 Å². The predicted molar refractivity (Wildman–Crippen MR) is 113 cm³/mol. The second-order valence-corrected chi connectivity index (χ2v) is 7.34. The lowest BCUT2D eigenvalue weighted by molar-refractivity contribution is -0.141. The van der Waals surface area contributed by atoms with Gasteiger partial charge in [-0.05, 0) is 62.1 Å². The molecule has 0 atom stereocenters. The van der Waals surface area contributed by atoms with Crippen LogP contribution in [0.5, 0.6) is 11.5 Å². The average Bonchev–Trinajstić information content (AvgIpc) is 2.74. The van der Waals surface area contributed by atoms with Gasteiger partial charge in [-0.2, -0.15) is 0 Å². The Hall–Kier alpha value is -3.02. The van der Waals surface area contributed by atoms with Crippen LogP contribution in [0.1, 0.15) is 25.0 Å². The van der Waals surface area contributed by atoms with Crippen molar-refractivity contribution in [2.75, 3.05) is 27.3 Å². The molecule has 2 N–H and O–H groups in total. The number of carbonyl (C=O) groups is 2. The maximum atomic E-state index is 12.5. The van der Waals surface area contributed by atoms with Crippen molar-refractivity contribution < 1.29 is 19.1 Å². The Morgan fingerprint density at radius 1 is 0.793 bits per heavy atom. The first kappa shape index (κ1) is 22.3. The van der Waals surface area contributed by atoms with Crippen LogP contribution in [0, 0.1) is 5.41 Å². The summed E-state index contributed by atoms with van der Waals surface area (Å²) in [6, 6.07) is 15.4. The third-order valence-corrected chi connectivity index (χ3v) is 4.83. The van der Waals surface area contributed by atoms with Crippen molar-refractivity contribution in [1.29, 1.82) is 0 Å². The van der Waals surface area contributed by atoms with Crippen LogP contribution >= 0.6 is 0 Å². The fourth-order valence-electron chi connectivity index (χ4n) is 2.81. The Morgan fingerprint density at radius 2 is 1.34 bits per heavy atom. The molecule has 0 bridgehead atoms. The van der Waals surface area contributed by atoms with Gasteiger partial charge in [0.2, 0.25) is 11.8 Å². The number of hydrogen-bond acceptors (Lipinski definition) is 4. The number of ether oxygens (including phenoxy) is 2. The zero-order valence-corrected chi connectivity index (χ0v) is 17.6. The Kier molecular flexibility index (Phi) is 8.07. The molecule has 6 heteroatoms. The summed E-state index contributed by atoms with van der Waals surface area (Å²) in [7, 11) is 3.25. The van der Waals surface area contributed by atoms with Crippen LogP contribution in [-0.4, -0.2) is 39.1 Å². The zero-order valence-electron chi connectivity index (χ0n) is 17.6. The maximum Gasteiger partial charge on any atom is 0.235 e. The third-order valence-electron chi connectivity index (χ3n) is 4.83. The van der Waals surface area contributed by atoms with E-state index in [9.17, 15) is 9.59 Å². The topological polar surface area (TPSA) is 76.7 Å². The average molecular weight is 399 g/mol. The normalized spacial score (nSPS) is 10.9. The molecule has 0 aromatic heterocycles. The van der Waals surface area contributed by atoms with Crippen LogP contribution in [0.15, 0.2) is 48.5 Å². The highest BCUT2D eigenvalue weighted by atomic mass is 16.5. The van der Waals surface area contributed by atoms with Crippen LogP contribution in [0.2, 0.25) is 0 Å². The van der Waals surface area contributed by atoms with Crippen molar-refractivity contribution in [2.45, 2.75) is 26.7 Å². The van der Waals surface area contributed by atoms with Gasteiger partial charge in [0.1, 0.15) is 16.9 Å². The lowest BCUT2D eigenvalue weighted by Crippen LogP contribution is -2.48. The van der Waals surface area contributed by atoms with E-state index < -0.39 is 5.41 Å². The molecule has 0 heterocycles. The molecule has 0 aliphatic rings. The van der Waals surface area contributed by atoms with E-state index in [1.54, 1.807) is 28.1 Å². The quantitative estimate of drug-likeness (QED) is 0.604. The van der Waals surface area contributed by atoms with E-state index in [0.29, 0.717) is 25.9 Å². The van der Waals surface area contributed by atoms with E-state index in [4.69, 9.17) is 9.47 Å². The number of amides is 2. The smallest absolute Gasteiger partial charge is 0.235 e. The largest absolute Gasteiger partial charge is 0.497 e. The Morgan fingerprint density at radius 3 is 1.90 bits per heavy atom. The van der Waals surface area contributed by atoms with Crippen molar-refractivity contribution in [3.05, 3.63) is 59.7 Å². The maximum absolute atomic E-state index is 12.5. The van der Waals surface area contributed by atoms with E-state index >= 15 is 0 Å². The highest BCUT2D eigenvalue weighted by Crippen LogP contribution is 2.17. The summed E-state index contributed by atoms with van der Waals surface area (Å²) in [5.41, 5.74) is 1.01. The van der Waals surface area contributed by atoms with Crippen LogP contribution in [-0.2, 0) is 22.4 Å². The molecule has 2 aromatic rings. The number of rotatable bonds is 10. The molecule has 0 fully saturated rings. The molecule has 0 unspecified atom stereocenters. The van der Waals surface area contributed by atoms with Gasteiger partial charge in [0.25, 0.3) is 0 Å². The molecule has 6 nitrogen and oxygen atoms in total. The summed E-state index contributed by atoms with van der Waals surface area (Å²) in [6.45, 7) is 4.19. The van der Waals surface area contributed by atoms with Gasteiger partial charge >= 0.3 is 0 Å². The number of hydrogen-bond donors (Lipinski definition) is 2. The highest BCUT2D eigenvalue weighted by molar-refractivity contribution is 6.04. The van der Waals surface area contributed by atoms with Crippen molar-refractivity contribution in [3.63, 3.8) is 0 Å². The summed E-state index contributed by atoms with van der Waals surface area (Å²) in [6.07, 6.45) is 1.35. The van der Waals surface area contributed by atoms with Gasteiger partial charge in [0, 0.05) is 13.1 Å². The molecule has 0 saturated heterocycles. The molecular formula is C23H30N2O4. The lowest BCUT2D eigenvalue weighted by Gasteiger charge is -2.22. The summed E-state index contributed by atoms with van der Waals surface area (Å²) >= 11 is 0. The molecule has 2 aromatic carbocycles. The lowest BCUT2D eigenvalue weighted by atomic mass is 9.91. The zero-order chi connectivity index (χ0) is 21.3. The number of carbonyl (C=O) groups excluding carboxylic acids is 2. The molecule has 2 rings (SSSR count). The first-order valence-electron chi connectivity index (χ1n) is 9.69. The van der Waals surface area contributed by atoms with Gasteiger partial charge in [-0.1, -0.05) is 24.3 Å². The molecule has 156 valence electrons. The monoisotopic (exact) mass is 398 g/mol. The van der Waals surface area contributed by atoms with Gasteiger partial charge in [-0.3, -0.25) is 9.59 Å². The van der Waals surface area contributed by atoms with E-state index in [0.717, 1.165) is 22.6 Å². The minimum Gasteiger partial charge on any atom is -0.497 e. The van der Waals surface area contributed by atoms with Crippen molar-refractivity contribution in [3.8, 4) is 11.5 Å². The molecule has 0 aliphatic carbocycles. The van der Waals surface area contributed by atoms with Crippen LogP contribution in [0.4, 0.5) is 0 Å². The fraction of sp³-hybridized carbons (Fsp3) is 0.391. The minimum atomic E-state index is -1.14. The SMILES string of the molecule is COc1ccc(CCNC(=O)C(C)(C)C(=O)NCCc2cccc(OC)c2)cc1. The van der Waals surface area contributed by atoms with Gasteiger partial charge < -0.3 is 20.1 Å². The van der Waals surface area contributed by atoms with Crippen LogP contribution in [0.3, 0.4) is 0 Å². The molecule has 0 spiro atoms. The van der Waals surface area contributed by atoms with Gasteiger partial charge in [0.15, 0.2) is 0 Å². The minimum absolute atomic E-state index is 0.287. The molecular weight excluding hydrogens is 368 g/mol. The summed E-state index contributed by atoms with van der Waals surface area (Å²) < 4.78 is 10.3. The molecule has 0 saturated carbocycles. The standard InChI is InChI=1S/C23H30N2O4/c1-23(2,21(26)24-14-12-17-8-10-19(28-3)11-9-17)22(27)25-15-13-18-6-5-7-20(16-18)29-4/h5-11,16H,12-15H2,1-4H3,(H,24,26)(H,25,27). The molecule has 0 aliphatic heterocycles. The highest BCUT2D eigenvalue weighted by Gasteiger charge is 2.35. The summed E-state index contributed by atoms with van der Waals surface area (Å²) in [5.74, 6) is 1.00. The van der Waals surface area contributed by atoms with Crippen molar-refractivity contribution in [1.82, 2.24) is 10.6 Å². The summed E-state index contributed by atoms with van der Waals surface area (Å²) in [4.78, 5) is 25.0. The van der Waals surface area contributed by atoms with Crippen molar-refractivity contribution in [2.24, 2.45) is 5.41 Å². The Balaban J connectivity index is 1.77. The third kappa shape index (κ3) is 6.52. The van der Waals surface area contributed by atoms with Gasteiger partial charge in [0.05, 0.1) is 14.2 Å². The first-order valence-corrected chi connectivity index (χ1v) is 9.69. The first-order chi connectivity index (χ1) is 13.9. The fourth-order valence-corrected chi connectivity index (χ4v) is 2.81. The van der Waals surface area contributed by atoms with Crippen LogP contribution < -0.4 is 20.1 Å².